The van der Waals surface area contributed by atoms with Crippen molar-refractivity contribution in [1.29, 1.82) is 0 Å². The Kier molecular flexibility index (Phi) is 3.54. The lowest BCUT2D eigenvalue weighted by atomic mass is 10.1. The van der Waals surface area contributed by atoms with Gasteiger partial charge in [-0.25, -0.2) is 0 Å². The Morgan fingerprint density at radius 1 is 1.06 bits per heavy atom. The number of ether oxygens (including phenoxy) is 1. The van der Waals surface area contributed by atoms with Crippen molar-refractivity contribution in [3.8, 4) is 5.75 Å². The number of rotatable bonds is 4. The summed E-state index contributed by atoms with van der Waals surface area (Å²) >= 11 is 0. The zero-order valence-corrected chi connectivity index (χ0v) is 9.39. The lowest BCUT2D eigenvalue weighted by molar-refractivity contribution is 0.305. The smallest absolute Gasteiger partial charge is 0.138 e. The van der Waals surface area contributed by atoms with Gasteiger partial charge in [0.15, 0.2) is 0 Å². The van der Waals surface area contributed by atoms with E-state index in [9.17, 15) is 0 Å². The molecule has 0 unspecified atom stereocenters. The molecule has 0 fully saturated rings. The van der Waals surface area contributed by atoms with Gasteiger partial charge in [0.05, 0.1) is 6.20 Å². The van der Waals surface area contributed by atoms with Crippen LogP contribution in [-0.4, -0.2) is 4.98 Å². The molecule has 1 aromatic carbocycles. The van der Waals surface area contributed by atoms with Crippen LogP contribution in [0.2, 0.25) is 0 Å². The van der Waals surface area contributed by atoms with Crippen LogP contribution in [0, 0.1) is 0 Å². The molecule has 2 rings (SSSR count). The van der Waals surface area contributed by atoms with Crippen molar-refractivity contribution in [1.82, 2.24) is 4.98 Å². The zero-order chi connectivity index (χ0) is 11.2. The van der Waals surface area contributed by atoms with Crippen LogP contribution in [0.25, 0.3) is 0 Å². The van der Waals surface area contributed by atoms with Gasteiger partial charge in [0, 0.05) is 6.20 Å². The number of pyridine rings is 1. The van der Waals surface area contributed by atoms with E-state index >= 15 is 0 Å². The summed E-state index contributed by atoms with van der Waals surface area (Å²) in [5, 5.41) is 0. The standard InChI is InChI=1S/C14H15NO/c1-2-12-5-7-13(8-6-12)11-16-14-4-3-9-15-10-14/h3-10H,2,11H2,1H3. The first kappa shape index (κ1) is 10.7. The lowest BCUT2D eigenvalue weighted by Crippen LogP contribution is -1.95. The van der Waals surface area contributed by atoms with Gasteiger partial charge >= 0.3 is 0 Å². The van der Waals surface area contributed by atoms with E-state index in [1.807, 2.05) is 12.1 Å². The van der Waals surface area contributed by atoms with Gasteiger partial charge in [-0.05, 0) is 29.7 Å². The molecule has 0 N–H and O–H groups in total. The predicted octanol–water partition coefficient (Wildman–Crippen LogP) is 3.22. The second kappa shape index (κ2) is 5.31. The van der Waals surface area contributed by atoms with Crippen LogP contribution in [0.3, 0.4) is 0 Å². The Hall–Kier alpha value is -1.83. The minimum atomic E-state index is 0.593. The van der Waals surface area contributed by atoms with E-state index in [2.05, 4.69) is 36.2 Å². The minimum absolute atomic E-state index is 0.593. The quantitative estimate of drug-likeness (QED) is 0.778. The molecule has 0 aliphatic rings. The number of nitrogens with zero attached hydrogens (tertiary/aromatic N) is 1. The fourth-order valence-electron chi connectivity index (χ4n) is 1.47. The molecule has 82 valence electrons. The van der Waals surface area contributed by atoms with Gasteiger partial charge in [0.25, 0.3) is 0 Å². The molecule has 0 saturated heterocycles. The molecule has 16 heavy (non-hydrogen) atoms. The zero-order valence-electron chi connectivity index (χ0n) is 9.39. The fourth-order valence-corrected chi connectivity index (χ4v) is 1.47. The van der Waals surface area contributed by atoms with Gasteiger partial charge in [-0.3, -0.25) is 4.98 Å². The van der Waals surface area contributed by atoms with E-state index in [0.717, 1.165) is 12.2 Å². The predicted molar refractivity (Wildman–Crippen MR) is 64.4 cm³/mol. The van der Waals surface area contributed by atoms with Gasteiger partial charge < -0.3 is 4.74 Å². The van der Waals surface area contributed by atoms with Gasteiger partial charge in [0.1, 0.15) is 12.4 Å². The number of aryl methyl sites for hydroxylation is 1. The monoisotopic (exact) mass is 213 g/mol. The van der Waals surface area contributed by atoms with Gasteiger partial charge in [-0.1, -0.05) is 31.2 Å². The van der Waals surface area contributed by atoms with Crippen molar-refractivity contribution in [3.63, 3.8) is 0 Å². The molecule has 1 aromatic heterocycles. The largest absolute Gasteiger partial charge is 0.487 e. The highest BCUT2D eigenvalue weighted by molar-refractivity contribution is 5.23. The SMILES string of the molecule is CCc1ccc(COc2cccnc2)cc1. The third-order valence-electron chi connectivity index (χ3n) is 2.47. The van der Waals surface area contributed by atoms with Crippen molar-refractivity contribution >= 4 is 0 Å². The van der Waals surface area contributed by atoms with E-state index in [-0.39, 0.29) is 0 Å². The third-order valence-corrected chi connectivity index (χ3v) is 2.47. The van der Waals surface area contributed by atoms with Crippen molar-refractivity contribution < 1.29 is 4.74 Å². The summed E-state index contributed by atoms with van der Waals surface area (Å²) in [5.41, 5.74) is 2.53. The van der Waals surface area contributed by atoms with E-state index in [4.69, 9.17) is 4.74 Å². The maximum Gasteiger partial charge on any atom is 0.138 e. The van der Waals surface area contributed by atoms with Crippen molar-refractivity contribution in [2.24, 2.45) is 0 Å². The molecule has 0 spiro atoms. The maximum atomic E-state index is 5.60. The fraction of sp³-hybridized carbons (Fsp3) is 0.214. The number of benzene rings is 1. The molecule has 0 amide bonds. The van der Waals surface area contributed by atoms with E-state index in [0.29, 0.717) is 6.61 Å². The second-order valence-electron chi connectivity index (χ2n) is 3.65. The first-order valence-corrected chi connectivity index (χ1v) is 5.49. The Labute approximate surface area is 95.9 Å². The summed E-state index contributed by atoms with van der Waals surface area (Å²) in [6.45, 7) is 2.75. The lowest BCUT2D eigenvalue weighted by Gasteiger charge is -2.06. The minimum Gasteiger partial charge on any atom is -0.487 e. The van der Waals surface area contributed by atoms with Gasteiger partial charge in [-0.15, -0.1) is 0 Å². The van der Waals surface area contributed by atoms with Crippen LogP contribution in [0.1, 0.15) is 18.1 Å². The van der Waals surface area contributed by atoms with Crippen LogP contribution in [0.5, 0.6) is 5.75 Å². The molecule has 0 aliphatic carbocycles. The molecule has 2 aromatic rings. The summed E-state index contributed by atoms with van der Waals surface area (Å²) in [7, 11) is 0. The molecule has 0 atom stereocenters. The maximum absolute atomic E-state index is 5.60. The molecular formula is C14H15NO. The Balaban J connectivity index is 1.94. The normalized spacial score (nSPS) is 10.1. The Morgan fingerprint density at radius 3 is 2.44 bits per heavy atom. The third kappa shape index (κ3) is 2.83. The average Bonchev–Trinajstić information content (AvgIpc) is 2.38. The number of hydrogen-bond acceptors (Lipinski definition) is 2. The first-order valence-electron chi connectivity index (χ1n) is 5.49. The van der Waals surface area contributed by atoms with E-state index in [1.54, 1.807) is 12.4 Å². The molecular weight excluding hydrogens is 198 g/mol. The highest BCUT2D eigenvalue weighted by Gasteiger charge is 1.95. The molecule has 0 bridgehead atoms. The van der Waals surface area contributed by atoms with Crippen molar-refractivity contribution in [2.45, 2.75) is 20.0 Å². The molecule has 1 heterocycles. The van der Waals surface area contributed by atoms with E-state index in [1.165, 1.54) is 11.1 Å². The second-order valence-corrected chi connectivity index (χ2v) is 3.65. The molecule has 0 aliphatic heterocycles. The summed E-state index contributed by atoms with van der Waals surface area (Å²) in [6, 6.07) is 12.3. The average molecular weight is 213 g/mol. The molecule has 0 saturated carbocycles. The number of aromatic nitrogens is 1. The van der Waals surface area contributed by atoms with Crippen LogP contribution < -0.4 is 4.74 Å². The summed E-state index contributed by atoms with van der Waals surface area (Å²) in [5.74, 6) is 0.807. The van der Waals surface area contributed by atoms with Crippen LogP contribution >= 0.6 is 0 Å². The highest BCUT2D eigenvalue weighted by Crippen LogP contribution is 2.11. The summed E-state index contributed by atoms with van der Waals surface area (Å²) in [4.78, 5) is 4.00. The van der Waals surface area contributed by atoms with Crippen molar-refractivity contribution in [2.75, 3.05) is 0 Å². The number of hydrogen-bond donors (Lipinski definition) is 0. The summed E-state index contributed by atoms with van der Waals surface area (Å²) < 4.78 is 5.60. The molecule has 0 radical (unpaired) electrons. The van der Waals surface area contributed by atoms with Crippen LogP contribution in [0.4, 0.5) is 0 Å². The molecule has 2 heteroatoms. The topological polar surface area (TPSA) is 22.1 Å². The van der Waals surface area contributed by atoms with E-state index < -0.39 is 0 Å². The van der Waals surface area contributed by atoms with Crippen molar-refractivity contribution in [3.05, 3.63) is 59.9 Å². The Bertz CT molecular complexity index is 422. The van der Waals surface area contributed by atoms with Crippen LogP contribution in [-0.2, 0) is 13.0 Å². The van der Waals surface area contributed by atoms with Gasteiger partial charge in [-0.2, -0.15) is 0 Å². The first-order chi connectivity index (χ1) is 7.88. The van der Waals surface area contributed by atoms with Gasteiger partial charge in [0.2, 0.25) is 0 Å². The summed E-state index contributed by atoms with van der Waals surface area (Å²) in [6.07, 6.45) is 4.53. The van der Waals surface area contributed by atoms with Crippen LogP contribution in [0.15, 0.2) is 48.8 Å². The highest BCUT2D eigenvalue weighted by atomic mass is 16.5. The molecule has 2 nitrogen and oxygen atoms in total. The Morgan fingerprint density at radius 2 is 1.81 bits per heavy atom.